The molecule has 0 saturated carbocycles. The van der Waals surface area contributed by atoms with E-state index < -0.39 is 17.9 Å². The second kappa shape index (κ2) is 5.15. The second-order valence-electron chi connectivity index (χ2n) is 7.09. The first-order valence-corrected chi connectivity index (χ1v) is 7.65. The van der Waals surface area contributed by atoms with E-state index in [1.807, 2.05) is 41.5 Å². The highest BCUT2D eigenvalue weighted by molar-refractivity contribution is 5.00. The molecule has 0 aromatic rings. The van der Waals surface area contributed by atoms with Crippen LogP contribution in [0.15, 0.2) is 0 Å². The Morgan fingerprint density at radius 3 is 2.10 bits per heavy atom. The molecule has 3 saturated heterocycles. The predicted octanol–water partition coefficient (Wildman–Crippen LogP) is 1.81. The largest absolute Gasteiger partial charge is 0.376 e. The Hall–Kier alpha value is -0.240. The van der Waals surface area contributed by atoms with Crippen LogP contribution in [0.25, 0.3) is 0 Å². The van der Waals surface area contributed by atoms with Gasteiger partial charge in [-0.2, -0.15) is 0 Å². The molecule has 0 amide bonds. The molecular formula is C15H26O6. The summed E-state index contributed by atoms with van der Waals surface area (Å²) in [7, 11) is 0. The van der Waals surface area contributed by atoms with Crippen molar-refractivity contribution in [2.45, 2.75) is 89.9 Å². The number of rotatable bonds is 3. The highest BCUT2D eigenvalue weighted by Crippen LogP contribution is 2.44. The van der Waals surface area contributed by atoms with Gasteiger partial charge in [-0.15, -0.1) is 0 Å². The zero-order valence-electron chi connectivity index (χ0n) is 13.6. The summed E-state index contributed by atoms with van der Waals surface area (Å²) in [6, 6.07) is 0. The number of hydrogen-bond acceptors (Lipinski definition) is 6. The van der Waals surface area contributed by atoms with Gasteiger partial charge in [0.2, 0.25) is 0 Å². The Morgan fingerprint density at radius 1 is 0.857 bits per heavy atom. The normalized spacial score (nSPS) is 43.9. The van der Waals surface area contributed by atoms with Crippen molar-refractivity contribution in [3.63, 3.8) is 0 Å². The van der Waals surface area contributed by atoms with E-state index in [1.54, 1.807) is 0 Å². The molecule has 0 N–H and O–H groups in total. The highest BCUT2D eigenvalue weighted by Gasteiger charge is 2.60. The van der Waals surface area contributed by atoms with E-state index in [2.05, 4.69) is 0 Å². The summed E-state index contributed by atoms with van der Waals surface area (Å²) in [4.78, 5) is 0. The monoisotopic (exact) mass is 302 g/mol. The van der Waals surface area contributed by atoms with Gasteiger partial charge in [0.25, 0.3) is 0 Å². The van der Waals surface area contributed by atoms with Crippen molar-refractivity contribution in [2.75, 3.05) is 6.61 Å². The molecule has 0 unspecified atom stereocenters. The zero-order valence-corrected chi connectivity index (χ0v) is 13.6. The molecule has 0 radical (unpaired) electrons. The van der Waals surface area contributed by atoms with Gasteiger partial charge in [0.1, 0.15) is 24.4 Å². The molecule has 3 aliphatic rings. The maximum atomic E-state index is 6.03. The fourth-order valence-corrected chi connectivity index (χ4v) is 3.11. The summed E-state index contributed by atoms with van der Waals surface area (Å²) in [6.45, 7) is 12.0. The molecule has 0 aromatic heterocycles. The Labute approximate surface area is 126 Å². The maximum Gasteiger partial charge on any atom is 0.190 e. The van der Waals surface area contributed by atoms with E-state index in [1.165, 1.54) is 0 Å². The molecule has 0 spiro atoms. The minimum absolute atomic E-state index is 0.136. The van der Waals surface area contributed by atoms with E-state index in [0.29, 0.717) is 6.61 Å². The SMILES string of the molecule is CC(C)OC[C@@H]1O[C@@H]2OC(C)(C)O[C@@H]2[C@H]2OC(C)(C)O[C@@H]21. The first-order chi connectivity index (χ1) is 9.67. The second-order valence-corrected chi connectivity index (χ2v) is 7.09. The number of hydrogen-bond donors (Lipinski definition) is 0. The lowest BCUT2D eigenvalue weighted by atomic mass is 9.99. The Bertz CT molecular complexity index is 394. The summed E-state index contributed by atoms with van der Waals surface area (Å²) >= 11 is 0. The average Bonchev–Trinajstić information content (AvgIpc) is 2.80. The number of fused-ring (bicyclic) bond motifs is 3. The van der Waals surface area contributed by atoms with Gasteiger partial charge in [-0.05, 0) is 41.5 Å². The quantitative estimate of drug-likeness (QED) is 0.792. The molecule has 3 aliphatic heterocycles. The van der Waals surface area contributed by atoms with Crippen molar-refractivity contribution in [1.82, 2.24) is 0 Å². The third-order valence-electron chi connectivity index (χ3n) is 3.84. The van der Waals surface area contributed by atoms with Crippen molar-refractivity contribution in [3.05, 3.63) is 0 Å². The Kier molecular flexibility index (Phi) is 3.83. The highest BCUT2D eigenvalue weighted by atomic mass is 16.9. The topological polar surface area (TPSA) is 55.4 Å². The summed E-state index contributed by atoms with van der Waals surface area (Å²) < 4.78 is 35.5. The summed E-state index contributed by atoms with van der Waals surface area (Å²) in [5, 5.41) is 0. The fourth-order valence-electron chi connectivity index (χ4n) is 3.11. The first kappa shape index (κ1) is 15.6. The standard InChI is InChI=1S/C15H26O6/c1-8(2)16-7-9-10-11(19-14(3,4)18-10)12-13(17-9)21-15(5,6)20-12/h8-13H,7H2,1-6H3/t9-,10+,11-,12+,13+/m0/s1. The molecule has 6 nitrogen and oxygen atoms in total. The molecule has 3 heterocycles. The van der Waals surface area contributed by atoms with Gasteiger partial charge in [0.15, 0.2) is 17.9 Å². The molecule has 3 rings (SSSR count). The third-order valence-corrected chi connectivity index (χ3v) is 3.84. The van der Waals surface area contributed by atoms with Gasteiger partial charge in [0.05, 0.1) is 12.7 Å². The van der Waals surface area contributed by atoms with E-state index in [4.69, 9.17) is 28.4 Å². The molecule has 6 heteroatoms. The van der Waals surface area contributed by atoms with Crippen LogP contribution in [-0.4, -0.2) is 55.0 Å². The molecule has 21 heavy (non-hydrogen) atoms. The van der Waals surface area contributed by atoms with Crippen molar-refractivity contribution in [2.24, 2.45) is 0 Å². The van der Waals surface area contributed by atoms with Crippen LogP contribution in [-0.2, 0) is 28.4 Å². The molecule has 5 atom stereocenters. The maximum absolute atomic E-state index is 6.03. The Balaban J connectivity index is 1.78. The smallest absolute Gasteiger partial charge is 0.190 e. The van der Waals surface area contributed by atoms with Crippen LogP contribution in [0.4, 0.5) is 0 Å². The van der Waals surface area contributed by atoms with Crippen LogP contribution in [0.3, 0.4) is 0 Å². The third kappa shape index (κ3) is 3.11. The van der Waals surface area contributed by atoms with Gasteiger partial charge in [-0.25, -0.2) is 0 Å². The molecule has 122 valence electrons. The molecule has 0 aromatic carbocycles. The molecule has 3 fully saturated rings. The Morgan fingerprint density at radius 2 is 1.43 bits per heavy atom. The molecule has 0 bridgehead atoms. The van der Waals surface area contributed by atoms with Crippen molar-refractivity contribution in [3.8, 4) is 0 Å². The van der Waals surface area contributed by atoms with Crippen molar-refractivity contribution >= 4 is 0 Å². The lowest BCUT2D eigenvalue weighted by Crippen LogP contribution is -2.56. The minimum Gasteiger partial charge on any atom is -0.376 e. The van der Waals surface area contributed by atoms with Crippen LogP contribution in [0, 0.1) is 0 Å². The summed E-state index contributed by atoms with van der Waals surface area (Å²) in [6.07, 6.45) is -1.23. The van der Waals surface area contributed by atoms with Gasteiger partial charge >= 0.3 is 0 Å². The van der Waals surface area contributed by atoms with Crippen molar-refractivity contribution in [1.29, 1.82) is 0 Å². The zero-order chi connectivity index (χ0) is 15.4. The summed E-state index contributed by atoms with van der Waals surface area (Å²) in [5.74, 6) is -1.33. The van der Waals surface area contributed by atoms with E-state index in [-0.39, 0.29) is 30.5 Å². The average molecular weight is 302 g/mol. The van der Waals surface area contributed by atoms with Crippen LogP contribution in [0.1, 0.15) is 41.5 Å². The lowest BCUT2D eigenvalue weighted by Gasteiger charge is -2.37. The molecular weight excluding hydrogens is 276 g/mol. The van der Waals surface area contributed by atoms with Crippen molar-refractivity contribution < 1.29 is 28.4 Å². The van der Waals surface area contributed by atoms with Gasteiger partial charge in [-0.1, -0.05) is 0 Å². The van der Waals surface area contributed by atoms with Crippen LogP contribution < -0.4 is 0 Å². The lowest BCUT2D eigenvalue weighted by molar-refractivity contribution is -0.244. The van der Waals surface area contributed by atoms with E-state index >= 15 is 0 Å². The van der Waals surface area contributed by atoms with E-state index in [0.717, 1.165) is 0 Å². The number of ether oxygens (including phenoxy) is 6. The minimum atomic E-state index is -0.677. The van der Waals surface area contributed by atoms with Gasteiger partial charge in [0, 0.05) is 0 Å². The predicted molar refractivity (Wildman–Crippen MR) is 73.6 cm³/mol. The fraction of sp³-hybridized carbons (Fsp3) is 1.00. The first-order valence-electron chi connectivity index (χ1n) is 7.65. The van der Waals surface area contributed by atoms with E-state index in [9.17, 15) is 0 Å². The van der Waals surface area contributed by atoms with Crippen LogP contribution >= 0.6 is 0 Å². The van der Waals surface area contributed by atoms with Crippen LogP contribution in [0.5, 0.6) is 0 Å². The molecule has 0 aliphatic carbocycles. The van der Waals surface area contributed by atoms with Gasteiger partial charge < -0.3 is 28.4 Å². The van der Waals surface area contributed by atoms with Gasteiger partial charge in [-0.3, -0.25) is 0 Å². The summed E-state index contributed by atoms with van der Waals surface area (Å²) in [5.41, 5.74) is 0. The van der Waals surface area contributed by atoms with Crippen LogP contribution in [0.2, 0.25) is 0 Å².